The third kappa shape index (κ3) is 14.1. The zero-order valence-electron chi connectivity index (χ0n) is 15.4. The maximum absolute atomic E-state index is 11.6. The Morgan fingerprint density at radius 3 is 1.86 bits per heavy atom. The second-order valence-corrected chi connectivity index (χ2v) is 5.70. The second kappa shape index (κ2) is 16.4. The van der Waals surface area contributed by atoms with E-state index in [0.29, 0.717) is 6.42 Å². The number of aliphatic hydroxyl groups is 1. The quantitative estimate of drug-likeness (QED) is 0.324. The van der Waals surface area contributed by atoms with Crippen LogP contribution in [-0.2, 0) is 9.59 Å². The molecule has 0 fully saturated rings. The number of nitrogens with one attached hydrogen (secondary N) is 1. The van der Waals surface area contributed by atoms with Crippen LogP contribution in [0.5, 0.6) is 0 Å². The molecule has 0 aromatic heterocycles. The van der Waals surface area contributed by atoms with E-state index >= 15 is 0 Å². The van der Waals surface area contributed by atoms with Crippen molar-refractivity contribution in [2.24, 2.45) is 0 Å². The first-order valence-corrected chi connectivity index (χ1v) is 8.19. The number of hydrogen-bond donors (Lipinski definition) is 3. The Hall–Kier alpha value is 0.536. The zero-order chi connectivity index (χ0) is 16.1. The average molecular weight is 342 g/mol. The van der Waals surface area contributed by atoms with Crippen LogP contribution in [0.15, 0.2) is 0 Å². The summed E-state index contributed by atoms with van der Waals surface area (Å²) in [5.74, 6) is -1.50. The smallest absolute Gasteiger partial charge is 1.00 e. The fraction of sp³-hybridized carbons (Fsp3) is 0.875. The van der Waals surface area contributed by atoms with Gasteiger partial charge >= 0.3 is 57.4 Å². The summed E-state index contributed by atoms with van der Waals surface area (Å²) in [6, 6.07) is -1.21. The largest absolute Gasteiger partial charge is 1.00 e. The van der Waals surface area contributed by atoms with Crippen LogP contribution in [0.1, 0.15) is 79.5 Å². The number of unbranched alkanes of at least 4 members (excludes halogenated alkanes) is 8. The monoisotopic (exact) mass is 341 g/mol. The molecule has 5 nitrogen and oxygen atoms in total. The number of carbonyl (C=O) groups excluding carboxylic acids is 1. The summed E-state index contributed by atoms with van der Waals surface area (Å²) in [6.07, 6.45) is 9.77. The van der Waals surface area contributed by atoms with Crippen LogP contribution in [-0.4, -0.2) is 34.2 Å². The Bertz CT molecular complexity index is 304. The van der Waals surface area contributed by atoms with Gasteiger partial charge in [0.25, 0.3) is 0 Å². The van der Waals surface area contributed by atoms with Crippen LogP contribution < -0.4 is 56.7 Å². The fourth-order valence-corrected chi connectivity index (χ4v) is 2.23. The van der Waals surface area contributed by atoms with Crippen LogP contribution in [0.25, 0.3) is 0 Å². The Morgan fingerprint density at radius 1 is 1.00 bits per heavy atom. The molecule has 0 aliphatic rings. The molecule has 0 aromatic carbocycles. The number of aliphatic carboxylic acids is 1. The number of aliphatic hydroxyl groups excluding tert-OH is 1. The van der Waals surface area contributed by atoms with E-state index in [0.717, 1.165) is 19.3 Å². The molecule has 22 heavy (non-hydrogen) atoms. The molecule has 0 saturated carbocycles. The van der Waals surface area contributed by atoms with Gasteiger partial charge in [0.15, 0.2) is 6.04 Å². The van der Waals surface area contributed by atoms with Crippen molar-refractivity contribution >= 4 is 11.9 Å². The summed E-state index contributed by atoms with van der Waals surface area (Å²) in [5.41, 5.74) is 0. The predicted molar refractivity (Wildman–Crippen MR) is 84.2 cm³/mol. The molecular weight excluding hydrogens is 309 g/mol. The Morgan fingerprint density at radius 2 is 1.45 bits per heavy atom. The standard InChI is InChI=1S/C16H31NO4.K.H/c1-3-4-5-6-7-8-9-10-11-12-14(19)17-15(13(2)18)16(20)21;;/h13,15,18H,3-12H2,1-2H3,(H,17,19)(H,20,21);;/q;+1;-1/t13?,15-;;/m0../s1. The molecule has 0 rings (SSSR count). The summed E-state index contributed by atoms with van der Waals surface area (Å²) >= 11 is 0. The van der Waals surface area contributed by atoms with Gasteiger partial charge in [-0.3, -0.25) is 4.79 Å². The van der Waals surface area contributed by atoms with Crippen molar-refractivity contribution < 1.29 is 72.6 Å². The van der Waals surface area contributed by atoms with Crippen molar-refractivity contribution in [3.05, 3.63) is 0 Å². The van der Waals surface area contributed by atoms with Crippen molar-refractivity contribution in [3.8, 4) is 0 Å². The van der Waals surface area contributed by atoms with Crippen molar-refractivity contribution in [1.29, 1.82) is 0 Å². The molecule has 0 aliphatic heterocycles. The molecule has 6 heteroatoms. The van der Waals surface area contributed by atoms with Crippen LogP contribution in [0, 0.1) is 0 Å². The number of carboxylic acids is 1. The molecule has 0 bridgehead atoms. The molecule has 0 heterocycles. The fourth-order valence-electron chi connectivity index (χ4n) is 2.23. The summed E-state index contributed by atoms with van der Waals surface area (Å²) in [6.45, 7) is 3.56. The minimum atomic E-state index is -1.21. The molecule has 126 valence electrons. The Kier molecular flexibility index (Phi) is 18.5. The molecule has 0 aliphatic carbocycles. The van der Waals surface area contributed by atoms with E-state index in [9.17, 15) is 14.7 Å². The number of carbonyl (C=O) groups is 2. The van der Waals surface area contributed by atoms with Gasteiger partial charge in [0.05, 0.1) is 6.10 Å². The minimum absolute atomic E-state index is 0. The number of hydrogen-bond acceptors (Lipinski definition) is 3. The first-order valence-electron chi connectivity index (χ1n) is 8.19. The number of carboxylic acid groups (broad SMARTS) is 1. The van der Waals surface area contributed by atoms with Gasteiger partial charge < -0.3 is 17.0 Å². The van der Waals surface area contributed by atoms with Gasteiger partial charge in [-0.1, -0.05) is 58.3 Å². The summed E-state index contributed by atoms with van der Waals surface area (Å²) in [4.78, 5) is 22.4. The Balaban J connectivity index is -0.00000200. The Labute approximate surface area is 178 Å². The first kappa shape index (κ1) is 24.8. The molecule has 0 saturated heterocycles. The topological polar surface area (TPSA) is 86.6 Å². The van der Waals surface area contributed by atoms with Gasteiger partial charge in [-0.2, -0.15) is 0 Å². The normalized spacial score (nSPS) is 13.0. The van der Waals surface area contributed by atoms with Gasteiger partial charge in [-0.15, -0.1) is 0 Å². The van der Waals surface area contributed by atoms with E-state index in [1.807, 2.05) is 0 Å². The van der Waals surface area contributed by atoms with Crippen LogP contribution in [0.4, 0.5) is 0 Å². The minimum Gasteiger partial charge on any atom is -1.00 e. The number of rotatable bonds is 13. The molecule has 0 aromatic rings. The molecule has 1 unspecified atom stereocenters. The van der Waals surface area contributed by atoms with Crippen LogP contribution in [0.3, 0.4) is 0 Å². The zero-order valence-corrected chi connectivity index (χ0v) is 17.6. The molecule has 0 spiro atoms. The van der Waals surface area contributed by atoms with Crippen molar-refractivity contribution in [1.82, 2.24) is 5.32 Å². The van der Waals surface area contributed by atoms with E-state index in [2.05, 4.69) is 12.2 Å². The third-order valence-corrected chi connectivity index (χ3v) is 3.57. The first-order chi connectivity index (χ1) is 9.99. The molecule has 1 amide bonds. The van der Waals surface area contributed by atoms with Crippen molar-refractivity contribution in [3.63, 3.8) is 0 Å². The predicted octanol–water partition coefficient (Wildman–Crippen LogP) is -0.0260. The van der Waals surface area contributed by atoms with E-state index in [1.54, 1.807) is 0 Å². The molecular formula is C16H32KNO4. The van der Waals surface area contributed by atoms with Crippen molar-refractivity contribution in [2.45, 2.75) is 90.2 Å². The maximum atomic E-state index is 11.6. The van der Waals surface area contributed by atoms with E-state index < -0.39 is 18.1 Å². The van der Waals surface area contributed by atoms with Crippen molar-refractivity contribution in [2.75, 3.05) is 0 Å². The van der Waals surface area contributed by atoms with Crippen LogP contribution in [0.2, 0.25) is 0 Å². The maximum Gasteiger partial charge on any atom is 1.00 e. The van der Waals surface area contributed by atoms with Gasteiger partial charge in [0, 0.05) is 6.42 Å². The average Bonchev–Trinajstić information content (AvgIpc) is 2.42. The van der Waals surface area contributed by atoms with Crippen LogP contribution >= 0.6 is 0 Å². The van der Waals surface area contributed by atoms with E-state index in [-0.39, 0.29) is 58.7 Å². The summed E-state index contributed by atoms with van der Waals surface area (Å²) in [7, 11) is 0. The van der Waals surface area contributed by atoms with Gasteiger partial charge in [0.1, 0.15) is 0 Å². The SMILES string of the molecule is CCCCCCCCCCCC(=O)N[C@H](C(=O)O)C(C)O.[H-].[K+]. The second-order valence-electron chi connectivity index (χ2n) is 5.70. The van der Waals surface area contributed by atoms with Gasteiger partial charge in [-0.25, -0.2) is 4.79 Å². The van der Waals surface area contributed by atoms with Gasteiger partial charge in [0.2, 0.25) is 5.91 Å². The van der Waals surface area contributed by atoms with E-state index in [4.69, 9.17) is 5.11 Å². The third-order valence-electron chi connectivity index (χ3n) is 3.57. The summed E-state index contributed by atoms with van der Waals surface area (Å²) in [5, 5.41) is 20.5. The molecule has 2 atom stereocenters. The number of amides is 1. The molecule has 0 radical (unpaired) electrons. The molecule has 3 N–H and O–H groups in total. The van der Waals surface area contributed by atoms with E-state index in [1.165, 1.54) is 45.4 Å². The summed E-state index contributed by atoms with van der Waals surface area (Å²) < 4.78 is 0. The van der Waals surface area contributed by atoms with Gasteiger partial charge in [-0.05, 0) is 13.3 Å².